The van der Waals surface area contributed by atoms with Crippen molar-refractivity contribution in [3.8, 4) is 0 Å². The molecule has 2 amide bonds. The summed E-state index contributed by atoms with van der Waals surface area (Å²) in [6, 6.07) is 16.9. The van der Waals surface area contributed by atoms with Gasteiger partial charge in [-0.3, -0.25) is 14.4 Å². The number of ether oxygens (including phenoxy) is 1. The fraction of sp³-hybridized carbons (Fsp3) is 0.208. The zero-order chi connectivity index (χ0) is 22.8. The van der Waals surface area contributed by atoms with E-state index in [-0.39, 0.29) is 18.9 Å². The summed E-state index contributed by atoms with van der Waals surface area (Å²) < 4.78 is 5.93. The number of aryl methyl sites for hydroxylation is 1. The molecule has 0 unspecified atom stereocenters. The van der Waals surface area contributed by atoms with Crippen LogP contribution in [0.15, 0.2) is 59.1 Å². The number of fused-ring (bicyclic) bond motifs is 1. The Morgan fingerprint density at radius 2 is 1.94 bits per heavy atom. The SMILES string of the molecule is Cc1cc(Br)c(Cl)cc1NC(=O)COC(=O)[C@H]1CC(=O)N(c2cccc3ccccc23)C1. The normalized spacial score (nSPS) is 15.8. The number of hydrogen-bond acceptors (Lipinski definition) is 4. The second kappa shape index (κ2) is 9.30. The van der Waals surface area contributed by atoms with Gasteiger partial charge >= 0.3 is 5.97 Å². The van der Waals surface area contributed by atoms with Gasteiger partial charge < -0.3 is 15.0 Å². The molecule has 1 fully saturated rings. The quantitative estimate of drug-likeness (QED) is 0.480. The van der Waals surface area contributed by atoms with Gasteiger partial charge in [0.1, 0.15) is 0 Å². The van der Waals surface area contributed by atoms with Gasteiger partial charge in [-0.15, -0.1) is 0 Å². The van der Waals surface area contributed by atoms with Crippen molar-refractivity contribution in [1.29, 1.82) is 0 Å². The topological polar surface area (TPSA) is 75.7 Å². The van der Waals surface area contributed by atoms with E-state index in [1.54, 1.807) is 17.0 Å². The second-order valence-electron chi connectivity index (χ2n) is 7.64. The molecule has 1 aliphatic heterocycles. The van der Waals surface area contributed by atoms with E-state index in [0.717, 1.165) is 26.5 Å². The first-order valence-corrected chi connectivity index (χ1v) is 11.2. The monoisotopic (exact) mass is 514 g/mol. The lowest BCUT2D eigenvalue weighted by molar-refractivity contribution is -0.151. The molecule has 0 aromatic heterocycles. The maximum Gasteiger partial charge on any atom is 0.311 e. The van der Waals surface area contributed by atoms with Crippen molar-refractivity contribution in [1.82, 2.24) is 0 Å². The molecule has 1 atom stereocenters. The number of hydrogen-bond donors (Lipinski definition) is 1. The highest BCUT2D eigenvalue weighted by Gasteiger charge is 2.37. The standard InChI is InChI=1S/C24H20BrClN2O4/c1-14-9-18(25)19(26)11-20(14)27-22(29)13-32-24(31)16-10-23(30)28(12-16)21-8-4-6-15-5-2-3-7-17(15)21/h2-9,11,16H,10,12-13H2,1H3,(H,27,29)/t16-/m0/s1. The fourth-order valence-electron chi connectivity index (χ4n) is 3.76. The molecular formula is C24H20BrClN2O4. The number of rotatable bonds is 5. The van der Waals surface area contributed by atoms with Crippen LogP contribution < -0.4 is 10.2 Å². The van der Waals surface area contributed by atoms with Crippen LogP contribution in [0.5, 0.6) is 0 Å². The average Bonchev–Trinajstić information content (AvgIpc) is 3.17. The molecule has 164 valence electrons. The number of nitrogens with one attached hydrogen (secondary N) is 1. The highest BCUT2D eigenvalue weighted by molar-refractivity contribution is 9.10. The Kier molecular flexibility index (Phi) is 6.48. The van der Waals surface area contributed by atoms with Crippen molar-refractivity contribution < 1.29 is 19.1 Å². The molecule has 6 nitrogen and oxygen atoms in total. The Balaban J connectivity index is 1.38. The van der Waals surface area contributed by atoms with Gasteiger partial charge in [0.15, 0.2) is 6.61 Å². The highest BCUT2D eigenvalue weighted by Crippen LogP contribution is 2.32. The molecule has 1 aliphatic rings. The molecule has 3 aromatic rings. The predicted octanol–water partition coefficient (Wildman–Crippen LogP) is 5.10. The molecule has 3 aromatic carbocycles. The predicted molar refractivity (Wildman–Crippen MR) is 128 cm³/mol. The second-order valence-corrected chi connectivity index (χ2v) is 8.90. The molecule has 1 heterocycles. The largest absolute Gasteiger partial charge is 0.455 e. The maximum absolute atomic E-state index is 12.6. The molecular weight excluding hydrogens is 496 g/mol. The van der Waals surface area contributed by atoms with Crippen LogP contribution in [-0.2, 0) is 19.1 Å². The summed E-state index contributed by atoms with van der Waals surface area (Å²) in [7, 11) is 0. The summed E-state index contributed by atoms with van der Waals surface area (Å²) in [4.78, 5) is 39.0. The van der Waals surface area contributed by atoms with Gasteiger partial charge in [0.25, 0.3) is 5.91 Å². The van der Waals surface area contributed by atoms with E-state index in [0.29, 0.717) is 10.7 Å². The van der Waals surface area contributed by atoms with Gasteiger partial charge in [0.2, 0.25) is 5.91 Å². The Bertz CT molecular complexity index is 1220. The van der Waals surface area contributed by atoms with Crippen molar-refractivity contribution in [2.45, 2.75) is 13.3 Å². The van der Waals surface area contributed by atoms with E-state index in [1.165, 1.54) is 0 Å². The van der Waals surface area contributed by atoms with Gasteiger partial charge in [-0.2, -0.15) is 0 Å². The minimum Gasteiger partial charge on any atom is -0.455 e. The van der Waals surface area contributed by atoms with Gasteiger partial charge in [-0.05, 0) is 52.0 Å². The molecule has 0 bridgehead atoms. The van der Waals surface area contributed by atoms with Crippen molar-refractivity contribution in [3.63, 3.8) is 0 Å². The van der Waals surface area contributed by atoms with E-state index in [4.69, 9.17) is 16.3 Å². The lowest BCUT2D eigenvalue weighted by Crippen LogP contribution is -2.28. The summed E-state index contributed by atoms with van der Waals surface area (Å²) in [6.45, 7) is 1.61. The summed E-state index contributed by atoms with van der Waals surface area (Å²) in [5, 5.41) is 5.11. The molecule has 0 spiro atoms. The molecule has 32 heavy (non-hydrogen) atoms. The van der Waals surface area contributed by atoms with Gasteiger partial charge in [0.05, 0.1) is 16.6 Å². The molecule has 8 heteroatoms. The number of halogens is 2. The van der Waals surface area contributed by atoms with E-state index >= 15 is 0 Å². The van der Waals surface area contributed by atoms with Crippen LogP contribution in [0, 0.1) is 12.8 Å². The van der Waals surface area contributed by atoms with Crippen LogP contribution in [0.4, 0.5) is 11.4 Å². The molecule has 0 saturated carbocycles. The van der Waals surface area contributed by atoms with Crippen LogP contribution in [0.2, 0.25) is 5.02 Å². The van der Waals surface area contributed by atoms with Crippen LogP contribution >= 0.6 is 27.5 Å². The first-order valence-electron chi connectivity index (χ1n) is 10.0. The summed E-state index contributed by atoms with van der Waals surface area (Å²) in [5.41, 5.74) is 2.12. The van der Waals surface area contributed by atoms with Gasteiger partial charge in [0, 0.05) is 28.5 Å². The van der Waals surface area contributed by atoms with Crippen LogP contribution in [0.25, 0.3) is 10.8 Å². The van der Waals surface area contributed by atoms with Gasteiger partial charge in [-0.25, -0.2) is 0 Å². The molecule has 4 rings (SSSR count). The lowest BCUT2D eigenvalue weighted by Gasteiger charge is -2.19. The molecule has 1 saturated heterocycles. The molecule has 0 radical (unpaired) electrons. The van der Waals surface area contributed by atoms with Crippen molar-refractivity contribution >= 4 is 67.5 Å². The first kappa shape index (κ1) is 22.3. The number of benzene rings is 3. The highest BCUT2D eigenvalue weighted by atomic mass is 79.9. The van der Waals surface area contributed by atoms with Crippen molar-refractivity contribution in [3.05, 3.63) is 69.7 Å². The third kappa shape index (κ3) is 4.64. The van der Waals surface area contributed by atoms with Crippen molar-refractivity contribution in [2.24, 2.45) is 5.92 Å². The zero-order valence-electron chi connectivity index (χ0n) is 17.2. The van der Waals surface area contributed by atoms with Crippen LogP contribution in [0.3, 0.4) is 0 Å². The number of nitrogens with zero attached hydrogens (tertiary/aromatic N) is 1. The zero-order valence-corrected chi connectivity index (χ0v) is 19.6. The van der Waals surface area contributed by atoms with E-state index < -0.39 is 24.4 Å². The number of amides is 2. The summed E-state index contributed by atoms with van der Waals surface area (Å²) in [5.74, 6) is -1.82. The molecule has 0 aliphatic carbocycles. The van der Waals surface area contributed by atoms with E-state index in [9.17, 15) is 14.4 Å². The lowest BCUT2D eigenvalue weighted by atomic mass is 10.1. The molecule has 1 N–H and O–H groups in total. The third-order valence-corrected chi connectivity index (χ3v) is 6.60. The first-order chi connectivity index (χ1) is 15.3. The fourth-order valence-corrected chi connectivity index (χ4v) is 4.39. The third-order valence-electron chi connectivity index (χ3n) is 5.40. The number of anilines is 2. The van der Waals surface area contributed by atoms with E-state index in [1.807, 2.05) is 49.4 Å². The van der Waals surface area contributed by atoms with Crippen LogP contribution in [-0.4, -0.2) is 30.9 Å². The minimum absolute atomic E-state index is 0.0467. The van der Waals surface area contributed by atoms with Crippen molar-refractivity contribution in [2.75, 3.05) is 23.4 Å². The number of carbonyl (C=O) groups is 3. The Hall–Kier alpha value is -2.90. The maximum atomic E-state index is 12.6. The smallest absolute Gasteiger partial charge is 0.311 e. The van der Waals surface area contributed by atoms with E-state index in [2.05, 4.69) is 21.2 Å². The number of esters is 1. The van der Waals surface area contributed by atoms with Gasteiger partial charge in [-0.1, -0.05) is 48.0 Å². The Morgan fingerprint density at radius 1 is 1.19 bits per heavy atom. The average molecular weight is 516 g/mol. The van der Waals surface area contributed by atoms with Crippen LogP contribution in [0.1, 0.15) is 12.0 Å². The summed E-state index contributed by atoms with van der Waals surface area (Å²) in [6.07, 6.45) is 0.0467. The Morgan fingerprint density at radius 3 is 2.75 bits per heavy atom. The summed E-state index contributed by atoms with van der Waals surface area (Å²) >= 11 is 9.41. The number of carbonyl (C=O) groups excluding carboxylic acids is 3. The Labute approximate surface area is 198 Å². The minimum atomic E-state index is -0.627.